The standard InChI is InChI=1S/C11H14BrClN2/c1-8-4-5-15(10(8)6-12)11-3-2-9(13)7-14-11/h2-3,7-8,10H,4-6H2,1H3. The molecule has 1 aromatic rings. The van der Waals surface area contributed by atoms with E-state index in [0.29, 0.717) is 11.1 Å². The molecule has 0 aromatic carbocycles. The molecule has 4 heteroatoms. The van der Waals surface area contributed by atoms with Crippen molar-refractivity contribution in [3.8, 4) is 0 Å². The molecule has 0 saturated carbocycles. The van der Waals surface area contributed by atoms with Crippen molar-refractivity contribution in [2.24, 2.45) is 5.92 Å². The third-order valence-electron chi connectivity index (χ3n) is 3.05. The fraction of sp³-hybridized carbons (Fsp3) is 0.545. The lowest BCUT2D eigenvalue weighted by atomic mass is 10.1. The van der Waals surface area contributed by atoms with Gasteiger partial charge >= 0.3 is 0 Å². The quantitative estimate of drug-likeness (QED) is 0.776. The molecule has 1 fully saturated rings. The molecule has 0 bridgehead atoms. The van der Waals surface area contributed by atoms with Crippen LogP contribution in [-0.4, -0.2) is 22.9 Å². The van der Waals surface area contributed by atoms with Gasteiger partial charge in [-0.25, -0.2) is 4.98 Å². The third kappa shape index (κ3) is 2.28. The van der Waals surface area contributed by atoms with E-state index < -0.39 is 0 Å². The molecule has 1 aliphatic heterocycles. The van der Waals surface area contributed by atoms with Gasteiger partial charge in [-0.15, -0.1) is 0 Å². The van der Waals surface area contributed by atoms with E-state index in [4.69, 9.17) is 11.6 Å². The fourth-order valence-corrected chi connectivity index (χ4v) is 3.17. The molecule has 2 heterocycles. The van der Waals surface area contributed by atoms with E-state index in [1.807, 2.05) is 12.1 Å². The first-order valence-electron chi connectivity index (χ1n) is 5.16. The molecule has 1 saturated heterocycles. The number of halogens is 2. The van der Waals surface area contributed by atoms with Crippen LogP contribution < -0.4 is 4.90 Å². The average Bonchev–Trinajstić information content (AvgIpc) is 2.61. The summed E-state index contributed by atoms with van der Waals surface area (Å²) in [5.74, 6) is 1.76. The Morgan fingerprint density at radius 1 is 1.60 bits per heavy atom. The molecule has 0 spiro atoms. The summed E-state index contributed by atoms with van der Waals surface area (Å²) < 4.78 is 0. The summed E-state index contributed by atoms with van der Waals surface area (Å²) in [5, 5.41) is 1.69. The lowest BCUT2D eigenvalue weighted by molar-refractivity contribution is 0.553. The Morgan fingerprint density at radius 3 is 3.00 bits per heavy atom. The number of aromatic nitrogens is 1. The van der Waals surface area contributed by atoms with Crippen molar-refractivity contribution in [3.05, 3.63) is 23.4 Å². The third-order valence-corrected chi connectivity index (χ3v) is 3.93. The molecular formula is C11H14BrClN2. The van der Waals surface area contributed by atoms with Crippen molar-refractivity contribution in [2.45, 2.75) is 19.4 Å². The molecule has 2 rings (SSSR count). The van der Waals surface area contributed by atoms with Crippen molar-refractivity contribution < 1.29 is 0 Å². The van der Waals surface area contributed by atoms with E-state index in [1.165, 1.54) is 6.42 Å². The van der Waals surface area contributed by atoms with Crippen LogP contribution in [0.25, 0.3) is 0 Å². The summed E-state index contributed by atoms with van der Waals surface area (Å²) >= 11 is 9.40. The second kappa shape index (κ2) is 4.71. The predicted octanol–water partition coefficient (Wildman–Crippen LogP) is 3.34. The van der Waals surface area contributed by atoms with Gasteiger partial charge in [0, 0.05) is 24.1 Å². The topological polar surface area (TPSA) is 16.1 Å². The number of alkyl halides is 1. The Hall–Kier alpha value is -0.280. The Balaban J connectivity index is 2.20. The summed E-state index contributed by atoms with van der Waals surface area (Å²) in [6.45, 7) is 3.38. The number of hydrogen-bond donors (Lipinski definition) is 0. The summed E-state index contributed by atoms with van der Waals surface area (Å²) in [6.07, 6.45) is 2.95. The van der Waals surface area contributed by atoms with Gasteiger partial charge < -0.3 is 4.90 Å². The second-order valence-corrected chi connectivity index (χ2v) is 5.10. The second-order valence-electron chi connectivity index (χ2n) is 4.02. The molecule has 2 nitrogen and oxygen atoms in total. The van der Waals surface area contributed by atoms with Gasteiger partial charge in [0.1, 0.15) is 5.82 Å². The SMILES string of the molecule is CC1CCN(c2ccc(Cl)cn2)C1CBr. The minimum absolute atomic E-state index is 0.554. The molecule has 2 unspecified atom stereocenters. The maximum atomic E-state index is 5.83. The highest BCUT2D eigenvalue weighted by Gasteiger charge is 2.30. The monoisotopic (exact) mass is 288 g/mol. The van der Waals surface area contributed by atoms with Gasteiger partial charge in [0.25, 0.3) is 0 Å². The number of anilines is 1. The van der Waals surface area contributed by atoms with Crippen molar-refractivity contribution in [1.29, 1.82) is 0 Å². The first-order chi connectivity index (χ1) is 7.22. The van der Waals surface area contributed by atoms with Crippen LogP contribution in [0.15, 0.2) is 18.3 Å². The van der Waals surface area contributed by atoms with Crippen LogP contribution in [0.1, 0.15) is 13.3 Å². The number of pyridine rings is 1. The smallest absolute Gasteiger partial charge is 0.128 e. The summed E-state index contributed by atoms with van der Waals surface area (Å²) in [4.78, 5) is 6.72. The molecule has 0 radical (unpaired) electrons. The maximum absolute atomic E-state index is 5.83. The highest BCUT2D eigenvalue weighted by atomic mass is 79.9. The summed E-state index contributed by atoms with van der Waals surface area (Å²) in [5.41, 5.74) is 0. The number of nitrogens with zero attached hydrogens (tertiary/aromatic N) is 2. The molecule has 1 aliphatic rings. The van der Waals surface area contributed by atoms with Gasteiger partial charge in [-0.2, -0.15) is 0 Å². The molecule has 82 valence electrons. The van der Waals surface area contributed by atoms with E-state index in [2.05, 4.69) is 32.7 Å². The van der Waals surface area contributed by atoms with Crippen LogP contribution in [0.5, 0.6) is 0 Å². The van der Waals surface area contributed by atoms with E-state index in [9.17, 15) is 0 Å². The van der Waals surface area contributed by atoms with Crippen LogP contribution >= 0.6 is 27.5 Å². The highest BCUT2D eigenvalue weighted by molar-refractivity contribution is 9.09. The first kappa shape index (κ1) is 11.2. The highest BCUT2D eigenvalue weighted by Crippen LogP contribution is 2.29. The van der Waals surface area contributed by atoms with E-state index >= 15 is 0 Å². The van der Waals surface area contributed by atoms with E-state index in [1.54, 1.807) is 6.20 Å². The zero-order valence-electron chi connectivity index (χ0n) is 8.66. The van der Waals surface area contributed by atoms with Crippen LogP contribution in [0.2, 0.25) is 5.02 Å². The Labute approximate surface area is 104 Å². The molecule has 15 heavy (non-hydrogen) atoms. The van der Waals surface area contributed by atoms with Gasteiger partial charge in [0.2, 0.25) is 0 Å². The maximum Gasteiger partial charge on any atom is 0.128 e. The molecule has 2 atom stereocenters. The Kier molecular flexibility index (Phi) is 3.52. The zero-order chi connectivity index (χ0) is 10.8. The van der Waals surface area contributed by atoms with Gasteiger partial charge in [-0.05, 0) is 24.5 Å². The predicted molar refractivity (Wildman–Crippen MR) is 68.0 cm³/mol. The van der Waals surface area contributed by atoms with Crippen molar-refractivity contribution >= 4 is 33.3 Å². The fourth-order valence-electron chi connectivity index (χ4n) is 2.07. The van der Waals surface area contributed by atoms with Gasteiger partial charge in [0.05, 0.1) is 5.02 Å². The summed E-state index contributed by atoms with van der Waals surface area (Å²) in [7, 11) is 0. The van der Waals surface area contributed by atoms with E-state index in [0.717, 1.165) is 23.6 Å². The largest absolute Gasteiger partial charge is 0.353 e. The Bertz CT molecular complexity index is 328. The number of hydrogen-bond acceptors (Lipinski definition) is 2. The van der Waals surface area contributed by atoms with E-state index in [-0.39, 0.29) is 0 Å². The van der Waals surface area contributed by atoms with Crippen LogP contribution in [-0.2, 0) is 0 Å². The molecule has 0 amide bonds. The molecular weight excluding hydrogens is 275 g/mol. The van der Waals surface area contributed by atoms with Crippen LogP contribution in [0.3, 0.4) is 0 Å². The molecule has 0 N–H and O–H groups in total. The lowest BCUT2D eigenvalue weighted by Gasteiger charge is -2.26. The minimum atomic E-state index is 0.554. The summed E-state index contributed by atoms with van der Waals surface area (Å²) in [6, 6.07) is 4.45. The van der Waals surface area contributed by atoms with Crippen molar-refractivity contribution in [2.75, 3.05) is 16.8 Å². The molecule has 1 aromatic heterocycles. The lowest BCUT2D eigenvalue weighted by Crippen LogP contribution is -2.33. The number of rotatable bonds is 2. The van der Waals surface area contributed by atoms with Crippen molar-refractivity contribution in [3.63, 3.8) is 0 Å². The first-order valence-corrected chi connectivity index (χ1v) is 6.66. The van der Waals surface area contributed by atoms with Gasteiger partial charge in [-0.1, -0.05) is 34.5 Å². The van der Waals surface area contributed by atoms with Crippen LogP contribution in [0.4, 0.5) is 5.82 Å². The normalized spacial score (nSPS) is 25.9. The van der Waals surface area contributed by atoms with Gasteiger partial charge in [-0.3, -0.25) is 0 Å². The zero-order valence-corrected chi connectivity index (χ0v) is 11.0. The van der Waals surface area contributed by atoms with Crippen molar-refractivity contribution in [1.82, 2.24) is 4.98 Å². The minimum Gasteiger partial charge on any atom is -0.353 e. The van der Waals surface area contributed by atoms with Crippen LogP contribution in [0, 0.1) is 5.92 Å². The Morgan fingerprint density at radius 2 is 2.40 bits per heavy atom. The van der Waals surface area contributed by atoms with Gasteiger partial charge in [0.15, 0.2) is 0 Å². The average molecular weight is 290 g/mol. The molecule has 0 aliphatic carbocycles.